The van der Waals surface area contributed by atoms with Crippen LogP contribution in [0.4, 0.5) is 0 Å². The van der Waals surface area contributed by atoms with Crippen LogP contribution in [-0.2, 0) is 14.4 Å². The minimum Gasteiger partial charge on any atom is -0.481 e. The Kier molecular flexibility index (Phi) is 7.85. The zero-order chi connectivity index (χ0) is 11.0. The van der Waals surface area contributed by atoms with Gasteiger partial charge in [0.05, 0.1) is 5.92 Å². The van der Waals surface area contributed by atoms with Crippen molar-refractivity contribution < 1.29 is 29.7 Å². The van der Waals surface area contributed by atoms with E-state index < -0.39 is 24.3 Å². The molecule has 0 atom stereocenters. The van der Waals surface area contributed by atoms with E-state index in [2.05, 4.69) is 0 Å². The molecule has 3 N–H and O–H groups in total. The maximum atomic E-state index is 9.70. The van der Waals surface area contributed by atoms with Crippen LogP contribution in [0.5, 0.6) is 0 Å². The standard InChI is InChI=1S/C4H8O2.C3H4O4/c1-3(2)4(5)6;4-1-2(5)3(6)7/h3H,1-2H3,(H,5,6);4H,1H2,(H,6,7). The van der Waals surface area contributed by atoms with Gasteiger partial charge >= 0.3 is 11.9 Å². The SMILES string of the molecule is CC(C)C(=O)O.O=C(O)C(=O)CO. The molecular formula is C7H12O6. The summed E-state index contributed by atoms with van der Waals surface area (Å²) in [6.45, 7) is 2.36. The van der Waals surface area contributed by atoms with Crippen LogP contribution in [0.3, 0.4) is 0 Å². The first-order valence-corrected chi connectivity index (χ1v) is 3.42. The number of carbonyl (C=O) groups excluding carboxylic acids is 1. The van der Waals surface area contributed by atoms with Gasteiger partial charge in [-0.1, -0.05) is 13.8 Å². The fourth-order valence-corrected chi connectivity index (χ4v) is 0.0676. The summed E-state index contributed by atoms with van der Waals surface area (Å²) in [5, 5.41) is 23.4. The molecule has 0 aliphatic carbocycles. The molecule has 0 aromatic carbocycles. The van der Waals surface area contributed by atoms with E-state index in [1.54, 1.807) is 13.8 Å². The fourth-order valence-electron chi connectivity index (χ4n) is 0.0676. The fraction of sp³-hybridized carbons (Fsp3) is 0.571. The maximum absolute atomic E-state index is 9.70. The third-order valence-corrected chi connectivity index (χ3v) is 0.876. The summed E-state index contributed by atoms with van der Waals surface area (Å²) in [6.07, 6.45) is 0. The van der Waals surface area contributed by atoms with Gasteiger partial charge in [0.2, 0.25) is 0 Å². The second kappa shape index (κ2) is 7.23. The molecule has 0 aliphatic heterocycles. The Morgan fingerprint density at radius 3 is 1.46 bits per heavy atom. The molecule has 0 aromatic heterocycles. The van der Waals surface area contributed by atoms with Crippen molar-refractivity contribution in [1.29, 1.82) is 0 Å². The van der Waals surface area contributed by atoms with Crippen LogP contribution in [0.1, 0.15) is 13.8 Å². The first-order chi connectivity index (χ1) is 5.82. The van der Waals surface area contributed by atoms with Gasteiger partial charge in [0.25, 0.3) is 5.78 Å². The Labute approximate surface area is 74.8 Å². The summed E-state index contributed by atoms with van der Waals surface area (Å²) < 4.78 is 0. The van der Waals surface area contributed by atoms with Gasteiger partial charge in [-0.05, 0) is 0 Å². The highest BCUT2D eigenvalue weighted by Crippen LogP contribution is 1.87. The van der Waals surface area contributed by atoms with Crippen molar-refractivity contribution in [2.24, 2.45) is 5.92 Å². The van der Waals surface area contributed by atoms with Gasteiger partial charge in [0, 0.05) is 0 Å². The third-order valence-electron chi connectivity index (χ3n) is 0.876. The van der Waals surface area contributed by atoms with Crippen LogP contribution >= 0.6 is 0 Å². The molecule has 0 radical (unpaired) electrons. The van der Waals surface area contributed by atoms with E-state index in [0.717, 1.165) is 0 Å². The van der Waals surface area contributed by atoms with Crippen molar-refractivity contribution in [2.75, 3.05) is 6.61 Å². The van der Waals surface area contributed by atoms with Gasteiger partial charge in [-0.25, -0.2) is 4.79 Å². The number of aliphatic carboxylic acids is 2. The van der Waals surface area contributed by atoms with E-state index in [4.69, 9.17) is 15.3 Å². The second-order valence-electron chi connectivity index (χ2n) is 2.38. The number of Topliss-reactive ketones (excluding diaryl/α,β-unsaturated/α-hetero) is 1. The molecule has 0 aromatic rings. The zero-order valence-electron chi connectivity index (χ0n) is 7.35. The quantitative estimate of drug-likeness (QED) is 0.513. The number of hydrogen-bond donors (Lipinski definition) is 3. The lowest BCUT2D eigenvalue weighted by Crippen LogP contribution is -2.15. The molecular weight excluding hydrogens is 180 g/mol. The summed E-state index contributed by atoms with van der Waals surface area (Å²) in [5.41, 5.74) is 0. The molecule has 0 spiro atoms. The summed E-state index contributed by atoms with van der Waals surface area (Å²) in [4.78, 5) is 28.8. The summed E-state index contributed by atoms with van der Waals surface area (Å²) >= 11 is 0. The molecule has 0 unspecified atom stereocenters. The molecule has 76 valence electrons. The lowest BCUT2D eigenvalue weighted by atomic mass is 10.2. The van der Waals surface area contributed by atoms with Crippen LogP contribution in [0.15, 0.2) is 0 Å². The number of rotatable bonds is 3. The molecule has 6 heteroatoms. The number of aliphatic hydroxyl groups excluding tert-OH is 1. The lowest BCUT2D eigenvalue weighted by molar-refractivity contribution is -0.150. The average Bonchev–Trinajstić information content (AvgIpc) is 2.03. The van der Waals surface area contributed by atoms with E-state index >= 15 is 0 Å². The Bertz CT molecular complexity index is 195. The number of carboxylic acid groups (broad SMARTS) is 2. The maximum Gasteiger partial charge on any atom is 0.374 e. The molecule has 0 rings (SSSR count). The predicted octanol–water partition coefficient (Wildman–Crippen LogP) is -0.641. The van der Waals surface area contributed by atoms with Crippen LogP contribution in [-0.4, -0.2) is 39.6 Å². The highest BCUT2D eigenvalue weighted by Gasteiger charge is 2.06. The van der Waals surface area contributed by atoms with Crippen molar-refractivity contribution in [3.63, 3.8) is 0 Å². The van der Waals surface area contributed by atoms with Crippen LogP contribution in [0.25, 0.3) is 0 Å². The van der Waals surface area contributed by atoms with Gasteiger partial charge in [-0.2, -0.15) is 0 Å². The summed E-state index contributed by atoms with van der Waals surface area (Å²) in [6, 6.07) is 0. The normalized spacial score (nSPS) is 8.62. The molecule has 6 nitrogen and oxygen atoms in total. The molecule has 0 aliphatic rings. The van der Waals surface area contributed by atoms with Crippen LogP contribution < -0.4 is 0 Å². The summed E-state index contributed by atoms with van der Waals surface area (Å²) in [7, 11) is 0. The molecule has 0 bridgehead atoms. The Morgan fingerprint density at radius 1 is 1.15 bits per heavy atom. The smallest absolute Gasteiger partial charge is 0.374 e. The molecule has 0 saturated carbocycles. The van der Waals surface area contributed by atoms with Crippen molar-refractivity contribution in [3.8, 4) is 0 Å². The molecule has 0 fully saturated rings. The Balaban J connectivity index is 0. The Hall–Kier alpha value is -1.43. The van der Waals surface area contributed by atoms with Gasteiger partial charge in [-0.15, -0.1) is 0 Å². The van der Waals surface area contributed by atoms with Crippen LogP contribution in [0, 0.1) is 5.92 Å². The van der Waals surface area contributed by atoms with Crippen molar-refractivity contribution >= 4 is 17.7 Å². The molecule has 0 heterocycles. The number of carbonyl (C=O) groups is 3. The van der Waals surface area contributed by atoms with E-state index in [1.807, 2.05) is 0 Å². The van der Waals surface area contributed by atoms with Gasteiger partial charge < -0.3 is 15.3 Å². The number of hydrogen-bond acceptors (Lipinski definition) is 4. The minimum atomic E-state index is -1.59. The van der Waals surface area contributed by atoms with Gasteiger partial charge in [-0.3, -0.25) is 9.59 Å². The minimum absolute atomic E-state index is 0.231. The second-order valence-corrected chi connectivity index (χ2v) is 2.38. The lowest BCUT2D eigenvalue weighted by Gasteiger charge is -1.89. The predicted molar refractivity (Wildman–Crippen MR) is 42.2 cm³/mol. The summed E-state index contributed by atoms with van der Waals surface area (Å²) in [5.74, 6) is -3.75. The highest BCUT2D eigenvalue weighted by molar-refractivity contribution is 6.33. The largest absolute Gasteiger partial charge is 0.481 e. The Morgan fingerprint density at radius 2 is 1.46 bits per heavy atom. The van der Waals surface area contributed by atoms with Crippen molar-refractivity contribution in [1.82, 2.24) is 0 Å². The first-order valence-electron chi connectivity index (χ1n) is 3.42. The number of ketones is 1. The van der Waals surface area contributed by atoms with E-state index in [0.29, 0.717) is 0 Å². The zero-order valence-corrected chi connectivity index (χ0v) is 7.35. The van der Waals surface area contributed by atoms with E-state index in [1.165, 1.54) is 0 Å². The van der Waals surface area contributed by atoms with Gasteiger partial charge in [0.15, 0.2) is 0 Å². The monoisotopic (exact) mass is 192 g/mol. The topological polar surface area (TPSA) is 112 Å². The number of aliphatic hydroxyl groups is 1. The molecule has 13 heavy (non-hydrogen) atoms. The van der Waals surface area contributed by atoms with E-state index in [-0.39, 0.29) is 5.92 Å². The molecule has 0 amide bonds. The number of carboxylic acids is 2. The average molecular weight is 192 g/mol. The molecule has 0 saturated heterocycles. The van der Waals surface area contributed by atoms with Crippen molar-refractivity contribution in [3.05, 3.63) is 0 Å². The first kappa shape index (κ1) is 14.1. The van der Waals surface area contributed by atoms with Gasteiger partial charge in [0.1, 0.15) is 6.61 Å². The highest BCUT2D eigenvalue weighted by atomic mass is 16.4. The van der Waals surface area contributed by atoms with Crippen molar-refractivity contribution in [2.45, 2.75) is 13.8 Å². The van der Waals surface area contributed by atoms with Crippen LogP contribution in [0.2, 0.25) is 0 Å². The third kappa shape index (κ3) is 10.6. The van der Waals surface area contributed by atoms with E-state index in [9.17, 15) is 14.4 Å².